The summed E-state index contributed by atoms with van der Waals surface area (Å²) >= 11 is 5.68. The fourth-order valence-electron chi connectivity index (χ4n) is 3.00. The standard InChI is InChI=1S/C18H19ClFN3O/c19-15-5-4-14(11-16(15)20)22-18(24)17-3-1-2-10-23(17)12-13-6-8-21-9-7-13/h4-9,11,17H,1-3,10,12H2,(H,22,24)/t17-/m0/s1. The maximum atomic E-state index is 13.5. The van der Waals surface area contributed by atoms with Gasteiger partial charge in [0.2, 0.25) is 5.91 Å². The molecule has 4 nitrogen and oxygen atoms in total. The lowest BCUT2D eigenvalue weighted by atomic mass is 10.0. The van der Waals surface area contributed by atoms with Crippen LogP contribution in [0.5, 0.6) is 0 Å². The molecule has 1 aromatic heterocycles. The highest BCUT2D eigenvalue weighted by Crippen LogP contribution is 2.23. The van der Waals surface area contributed by atoms with E-state index in [-0.39, 0.29) is 17.0 Å². The molecule has 0 radical (unpaired) electrons. The van der Waals surface area contributed by atoms with E-state index < -0.39 is 5.82 Å². The Morgan fingerprint density at radius 2 is 2.08 bits per heavy atom. The van der Waals surface area contributed by atoms with E-state index in [0.29, 0.717) is 12.2 Å². The number of pyridine rings is 1. The Balaban J connectivity index is 1.69. The van der Waals surface area contributed by atoms with Crippen molar-refractivity contribution in [3.8, 4) is 0 Å². The molecule has 1 N–H and O–H groups in total. The summed E-state index contributed by atoms with van der Waals surface area (Å²) in [4.78, 5) is 18.8. The van der Waals surface area contributed by atoms with Gasteiger partial charge in [0, 0.05) is 24.6 Å². The molecule has 1 aromatic carbocycles. The molecule has 1 saturated heterocycles. The van der Waals surface area contributed by atoms with E-state index in [0.717, 1.165) is 31.4 Å². The molecule has 126 valence electrons. The molecule has 0 unspecified atom stereocenters. The van der Waals surface area contributed by atoms with Gasteiger partial charge in [-0.2, -0.15) is 0 Å². The smallest absolute Gasteiger partial charge is 0.241 e. The fraction of sp³-hybridized carbons (Fsp3) is 0.333. The minimum Gasteiger partial charge on any atom is -0.325 e. The van der Waals surface area contributed by atoms with Crippen molar-refractivity contribution in [3.05, 3.63) is 59.1 Å². The van der Waals surface area contributed by atoms with Crippen molar-refractivity contribution in [2.24, 2.45) is 0 Å². The third kappa shape index (κ3) is 4.10. The van der Waals surface area contributed by atoms with E-state index in [1.807, 2.05) is 12.1 Å². The van der Waals surface area contributed by atoms with E-state index in [9.17, 15) is 9.18 Å². The first-order valence-electron chi connectivity index (χ1n) is 8.02. The molecule has 1 amide bonds. The van der Waals surface area contributed by atoms with Crippen molar-refractivity contribution in [3.63, 3.8) is 0 Å². The summed E-state index contributed by atoms with van der Waals surface area (Å²) in [5.74, 6) is -0.641. The molecule has 0 spiro atoms. The van der Waals surface area contributed by atoms with E-state index in [1.165, 1.54) is 12.1 Å². The van der Waals surface area contributed by atoms with Crippen LogP contribution in [0.4, 0.5) is 10.1 Å². The molecule has 1 atom stereocenters. The summed E-state index contributed by atoms with van der Waals surface area (Å²) in [6.07, 6.45) is 6.40. The number of nitrogens with one attached hydrogen (secondary N) is 1. The first-order chi connectivity index (χ1) is 11.6. The predicted molar refractivity (Wildman–Crippen MR) is 92.3 cm³/mol. The number of nitrogens with zero attached hydrogens (tertiary/aromatic N) is 2. The maximum absolute atomic E-state index is 13.5. The summed E-state index contributed by atoms with van der Waals surface area (Å²) in [6.45, 7) is 1.57. The molecule has 0 saturated carbocycles. The van der Waals surface area contributed by atoms with Crippen molar-refractivity contribution in [2.45, 2.75) is 31.8 Å². The zero-order chi connectivity index (χ0) is 16.9. The van der Waals surface area contributed by atoms with Crippen LogP contribution in [0, 0.1) is 5.82 Å². The second-order valence-electron chi connectivity index (χ2n) is 5.96. The fourth-order valence-corrected chi connectivity index (χ4v) is 3.12. The SMILES string of the molecule is O=C(Nc1ccc(Cl)c(F)c1)[C@@H]1CCCCN1Cc1ccncc1. The first-order valence-corrected chi connectivity index (χ1v) is 8.40. The van der Waals surface area contributed by atoms with Crippen LogP contribution in [0.3, 0.4) is 0 Å². The van der Waals surface area contributed by atoms with Crippen LogP contribution in [0.2, 0.25) is 5.02 Å². The van der Waals surface area contributed by atoms with Gasteiger partial charge in [-0.1, -0.05) is 18.0 Å². The largest absolute Gasteiger partial charge is 0.325 e. The molecule has 1 aliphatic rings. The number of benzene rings is 1. The van der Waals surface area contributed by atoms with Gasteiger partial charge in [0.05, 0.1) is 11.1 Å². The van der Waals surface area contributed by atoms with Crippen molar-refractivity contribution >= 4 is 23.2 Å². The van der Waals surface area contributed by atoms with Crippen LogP contribution in [0.25, 0.3) is 0 Å². The molecule has 24 heavy (non-hydrogen) atoms. The molecule has 1 fully saturated rings. The Kier molecular flexibility index (Phi) is 5.43. The highest BCUT2D eigenvalue weighted by molar-refractivity contribution is 6.30. The highest BCUT2D eigenvalue weighted by atomic mass is 35.5. The number of halogens is 2. The van der Waals surface area contributed by atoms with Crippen molar-refractivity contribution in [1.82, 2.24) is 9.88 Å². The molecule has 1 aliphatic heterocycles. The average molecular weight is 348 g/mol. The zero-order valence-corrected chi connectivity index (χ0v) is 14.0. The van der Waals surface area contributed by atoms with E-state index >= 15 is 0 Å². The number of piperidine rings is 1. The van der Waals surface area contributed by atoms with Gasteiger partial charge in [0.15, 0.2) is 0 Å². The molecule has 3 rings (SSSR count). The lowest BCUT2D eigenvalue weighted by Crippen LogP contribution is -2.46. The second kappa shape index (κ2) is 7.73. The van der Waals surface area contributed by atoms with Crippen molar-refractivity contribution < 1.29 is 9.18 Å². The number of hydrogen-bond donors (Lipinski definition) is 1. The molecular formula is C18H19ClFN3O. The van der Waals surface area contributed by atoms with E-state index in [4.69, 9.17) is 11.6 Å². The number of rotatable bonds is 4. The van der Waals surface area contributed by atoms with E-state index in [1.54, 1.807) is 18.5 Å². The lowest BCUT2D eigenvalue weighted by molar-refractivity contribution is -0.122. The van der Waals surface area contributed by atoms with Gasteiger partial charge < -0.3 is 5.32 Å². The highest BCUT2D eigenvalue weighted by Gasteiger charge is 2.28. The zero-order valence-electron chi connectivity index (χ0n) is 13.2. The van der Waals surface area contributed by atoms with Crippen molar-refractivity contribution in [2.75, 3.05) is 11.9 Å². The predicted octanol–water partition coefficient (Wildman–Crippen LogP) is 3.87. The Hall–Kier alpha value is -1.98. The van der Waals surface area contributed by atoms with Crippen LogP contribution in [0.15, 0.2) is 42.7 Å². The summed E-state index contributed by atoms with van der Waals surface area (Å²) in [6, 6.07) is 8.00. The van der Waals surface area contributed by atoms with Gasteiger partial charge in [-0.05, 0) is 55.3 Å². The quantitative estimate of drug-likeness (QED) is 0.913. The number of likely N-dealkylation sites (tertiary alicyclic amines) is 1. The van der Waals surface area contributed by atoms with Crippen molar-refractivity contribution in [1.29, 1.82) is 0 Å². The molecule has 6 heteroatoms. The Labute approximate surface area is 145 Å². The third-order valence-electron chi connectivity index (χ3n) is 4.24. The minimum absolute atomic E-state index is 0.0463. The van der Waals surface area contributed by atoms with Gasteiger partial charge in [-0.15, -0.1) is 0 Å². The topological polar surface area (TPSA) is 45.2 Å². The van der Waals surface area contributed by atoms with Gasteiger partial charge in [-0.3, -0.25) is 14.7 Å². The normalized spacial score (nSPS) is 18.3. The maximum Gasteiger partial charge on any atom is 0.241 e. The van der Waals surface area contributed by atoms with Crippen LogP contribution in [-0.2, 0) is 11.3 Å². The number of carbonyl (C=O) groups excluding carboxylic acids is 1. The average Bonchev–Trinajstić information content (AvgIpc) is 2.59. The van der Waals surface area contributed by atoms with Gasteiger partial charge in [0.1, 0.15) is 5.82 Å². The summed E-state index contributed by atoms with van der Waals surface area (Å²) in [5, 5.41) is 2.85. The third-order valence-corrected chi connectivity index (χ3v) is 4.54. The molecule has 0 aliphatic carbocycles. The summed E-state index contributed by atoms with van der Waals surface area (Å²) in [7, 11) is 0. The minimum atomic E-state index is -0.535. The van der Waals surface area contributed by atoms with Gasteiger partial charge in [-0.25, -0.2) is 4.39 Å². The molecule has 2 heterocycles. The first kappa shape index (κ1) is 16.9. The van der Waals surface area contributed by atoms with Gasteiger partial charge in [0.25, 0.3) is 0 Å². The Morgan fingerprint density at radius 1 is 1.29 bits per heavy atom. The van der Waals surface area contributed by atoms with Crippen LogP contribution in [0.1, 0.15) is 24.8 Å². The number of hydrogen-bond acceptors (Lipinski definition) is 3. The molecular weight excluding hydrogens is 329 g/mol. The summed E-state index contributed by atoms with van der Waals surface area (Å²) in [5.41, 5.74) is 1.55. The number of amides is 1. The summed E-state index contributed by atoms with van der Waals surface area (Å²) < 4.78 is 13.5. The van der Waals surface area contributed by atoms with Crippen LogP contribution in [-0.4, -0.2) is 28.4 Å². The molecule has 0 bridgehead atoms. The van der Waals surface area contributed by atoms with E-state index in [2.05, 4.69) is 15.2 Å². The second-order valence-corrected chi connectivity index (χ2v) is 6.36. The van der Waals surface area contributed by atoms with Crippen LogP contribution >= 0.6 is 11.6 Å². The molecule has 2 aromatic rings. The Morgan fingerprint density at radius 3 is 2.83 bits per heavy atom. The van der Waals surface area contributed by atoms with Gasteiger partial charge >= 0.3 is 0 Å². The Bertz CT molecular complexity index is 711. The van der Waals surface area contributed by atoms with Crippen LogP contribution < -0.4 is 5.32 Å². The number of aromatic nitrogens is 1. The monoisotopic (exact) mass is 347 g/mol. The lowest BCUT2D eigenvalue weighted by Gasteiger charge is -2.34. The number of carbonyl (C=O) groups is 1. The number of anilines is 1.